The number of hydrogen-bond donors (Lipinski definition) is 1. The van der Waals surface area contributed by atoms with E-state index in [4.69, 9.17) is 4.74 Å². The number of nitrogens with zero attached hydrogens (tertiary/aromatic N) is 1. The van der Waals surface area contributed by atoms with Crippen LogP contribution in [-0.2, 0) is 23.9 Å². The monoisotopic (exact) mass is 422 g/mol. The number of amides is 3. The van der Waals surface area contributed by atoms with E-state index < -0.39 is 18.0 Å². The van der Waals surface area contributed by atoms with Crippen LogP contribution < -0.4 is 5.32 Å². The molecule has 0 bridgehead atoms. The summed E-state index contributed by atoms with van der Waals surface area (Å²) in [5.41, 5.74) is 0.613. The molecule has 4 rings (SSSR count). The molecule has 1 N–H and O–H groups in total. The van der Waals surface area contributed by atoms with Gasteiger partial charge in [0.25, 0.3) is 5.91 Å². The number of carbonyl (C=O) groups is 4. The molecule has 0 aromatic heterocycles. The van der Waals surface area contributed by atoms with Crippen LogP contribution in [-0.4, -0.2) is 41.2 Å². The highest BCUT2D eigenvalue weighted by atomic mass is 16.5. The van der Waals surface area contributed by atoms with E-state index in [1.807, 2.05) is 36.4 Å². The Labute approximate surface area is 180 Å². The summed E-state index contributed by atoms with van der Waals surface area (Å²) in [6.45, 7) is 1.50. The number of anilines is 1. The van der Waals surface area contributed by atoms with Crippen LogP contribution >= 0.6 is 0 Å². The maximum atomic E-state index is 12.5. The second kappa shape index (κ2) is 8.88. The van der Waals surface area contributed by atoms with E-state index in [1.54, 1.807) is 6.07 Å². The molecular formula is C24H26N2O5. The van der Waals surface area contributed by atoms with Gasteiger partial charge < -0.3 is 10.1 Å². The minimum atomic E-state index is -0.994. The first-order valence-electron chi connectivity index (χ1n) is 10.8. The van der Waals surface area contributed by atoms with Crippen LogP contribution in [0, 0.1) is 11.8 Å². The average molecular weight is 422 g/mol. The third-order valence-corrected chi connectivity index (χ3v) is 6.17. The Morgan fingerprint density at radius 2 is 1.68 bits per heavy atom. The molecule has 2 fully saturated rings. The summed E-state index contributed by atoms with van der Waals surface area (Å²) in [6, 6.07) is 13.3. The molecule has 0 unspecified atom stereocenters. The topological polar surface area (TPSA) is 92.8 Å². The first kappa shape index (κ1) is 21.0. The van der Waals surface area contributed by atoms with Crippen molar-refractivity contribution in [1.82, 2.24) is 4.90 Å². The third-order valence-electron chi connectivity index (χ3n) is 6.17. The zero-order valence-electron chi connectivity index (χ0n) is 17.5. The van der Waals surface area contributed by atoms with E-state index in [0.29, 0.717) is 5.69 Å². The van der Waals surface area contributed by atoms with Crippen LogP contribution in [0.15, 0.2) is 42.5 Å². The number of benzene rings is 2. The molecule has 1 aliphatic heterocycles. The van der Waals surface area contributed by atoms with Crippen LogP contribution in [0.3, 0.4) is 0 Å². The van der Waals surface area contributed by atoms with E-state index in [2.05, 4.69) is 5.32 Å². The van der Waals surface area contributed by atoms with Gasteiger partial charge in [-0.05, 0) is 42.7 Å². The van der Waals surface area contributed by atoms with Gasteiger partial charge in [-0.2, -0.15) is 0 Å². The highest BCUT2D eigenvalue weighted by Crippen LogP contribution is 2.38. The summed E-state index contributed by atoms with van der Waals surface area (Å²) in [4.78, 5) is 50.8. The Morgan fingerprint density at radius 1 is 1.03 bits per heavy atom. The molecule has 0 spiro atoms. The van der Waals surface area contributed by atoms with E-state index >= 15 is 0 Å². The molecular weight excluding hydrogens is 396 g/mol. The van der Waals surface area contributed by atoms with Crippen molar-refractivity contribution in [2.45, 2.75) is 45.1 Å². The smallest absolute Gasteiger partial charge is 0.308 e. The van der Waals surface area contributed by atoms with E-state index in [9.17, 15) is 19.2 Å². The predicted molar refractivity (Wildman–Crippen MR) is 115 cm³/mol. The summed E-state index contributed by atoms with van der Waals surface area (Å²) >= 11 is 0. The molecule has 31 heavy (non-hydrogen) atoms. The number of esters is 1. The van der Waals surface area contributed by atoms with Crippen molar-refractivity contribution in [3.8, 4) is 0 Å². The molecule has 162 valence electrons. The highest BCUT2D eigenvalue weighted by molar-refractivity contribution is 6.05. The zero-order chi connectivity index (χ0) is 22.0. The van der Waals surface area contributed by atoms with Crippen LogP contribution in [0.25, 0.3) is 10.8 Å². The van der Waals surface area contributed by atoms with Gasteiger partial charge in [-0.1, -0.05) is 43.2 Å². The lowest BCUT2D eigenvalue weighted by Crippen LogP contribution is -2.35. The minimum Gasteiger partial charge on any atom is -0.452 e. The molecule has 0 radical (unpaired) electrons. The van der Waals surface area contributed by atoms with Gasteiger partial charge >= 0.3 is 5.97 Å². The molecule has 1 saturated heterocycles. The molecule has 1 aliphatic carbocycles. The second-order valence-electron chi connectivity index (χ2n) is 8.26. The van der Waals surface area contributed by atoms with Crippen molar-refractivity contribution in [3.05, 3.63) is 42.5 Å². The Bertz CT molecular complexity index is 1010. The number of hydrogen-bond acceptors (Lipinski definition) is 5. The van der Waals surface area contributed by atoms with Crippen LogP contribution in [0.2, 0.25) is 0 Å². The van der Waals surface area contributed by atoms with Gasteiger partial charge in [-0.3, -0.25) is 24.1 Å². The standard InChI is InChI=1S/C24H26N2O5/c1-15(22(28)25-18-11-10-16-6-2-3-7-17(16)14-18)31-21(27)12-13-26-23(29)19-8-4-5-9-20(19)24(26)30/h2-3,6-7,10-11,14-15,19-20H,4-5,8-9,12-13H2,1H3,(H,25,28)/t15-,19-,20+/m1/s1. The number of fused-ring (bicyclic) bond motifs is 2. The maximum Gasteiger partial charge on any atom is 0.308 e. The Kier molecular flexibility index (Phi) is 6.02. The van der Waals surface area contributed by atoms with Crippen LogP contribution in [0.4, 0.5) is 5.69 Å². The van der Waals surface area contributed by atoms with Gasteiger partial charge in [-0.15, -0.1) is 0 Å². The van der Waals surface area contributed by atoms with Crippen molar-refractivity contribution >= 4 is 40.2 Å². The van der Waals surface area contributed by atoms with Crippen molar-refractivity contribution in [2.75, 3.05) is 11.9 Å². The van der Waals surface area contributed by atoms with Crippen molar-refractivity contribution in [2.24, 2.45) is 11.8 Å². The van der Waals surface area contributed by atoms with E-state index in [-0.39, 0.29) is 36.6 Å². The van der Waals surface area contributed by atoms with E-state index in [0.717, 1.165) is 36.5 Å². The molecule has 3 amide bonds. The quantitative estimate of drug-likeness (QED) is 0.570. The Balaban J connectivity index is 1.28. The number of carbonyl (C=O) groups excluding carboxylic acids is 4. The summed E-state index contributed by atoms with van der Waals surface area (Å²) in [5, 5.41) is 4.80. The number of likely N-dealkylation sites (tertiary alicyclic amines) is 1. The highest BCUT2D eigenvalue weighted by Gasteiger charge is 2.47. The Hall–Kier alpha value is -3.22. The second-order valence-corrected chi connectivity index (χ2v) is 8.26. The third kappa shape index (κ3) is 4.45. The van der Waals surface area contributed by atoms with Crippen LogP contribution in [0.5, 0.6) is 0 Å². The molecule has 3 atom stereocenters. The fraction of sp³-hybridized carbons (Fsp3) is 0.417. The fourth-order valence-corrected chi connectivity index (χ4v) is 4.48. The van der Waals surface area contributed by atoms with Crippen molar-refractivity contribution in [1.29, 1.82) is 0 Å². The molecule has 1 saturated carbocycles. The SMILES string of the molecule is C[C@@H](OC(=O)CCN1C(=O)[C@H]2CCCC[C@H]2C1=O)C(=O)Nc1ccc2ccccc2c1. The van der Waals surface area contributed by atoms with Gasteiger partial charge in [0.15, 0.2) is 6.10 Å². The summed E-state index contributed by atoms with van der Waals surface area (Å²) in [7, 11) is 0. The number of nitrogens with one attached hydrogen (secondary N) is 1. The number of rotatable bonds is 6. The predicted octanol–water partition coefficient (Wildman–Crippen LogP) is 3.28. The largest absolute Gasteiger partial charge is 0.452 e. The summed E-state index contributed by atoms with van der Waals surface area (Å²) in [5.74, 6) is -1.87. The van der Waals surface area contributed by atoms with Crippen molar-refractivity contribution in [3.63, 3.8) is 0 Å². The number of ether oxygens (including phenoxy) is 1. The first-order valence-corrected chi connectivity index (χ1v) is 10.8. The Morgan fingerprint density at radius 3 is 2.35 bits per heavy atom. The van der Waals surface area contributed by atoms with Gasteiger partial charge in [-0.25, -0.2) is 0 Å². The molecule has 1 heterocycles. The zero-order valence-corrected chi connectivity index (χ0v) is 17.5. The minimum absolute atomic E-state index is 0.00249. The maximum absolute atomic E-state index is 12.5. The molecule has 2 aliphatic rings. The van der Waals surface area contributed by atoms with E-state index in [1.165, 1.54) is 11.8 Å². The fourth-order valence-electron chi connectivity index (χ4n) is 4.48. The average Bonchev–Trinajstić information content (AvgIpc) is 3.02. The van der Waals surface area contributed by atoms with Crippen molar-refractivity contribution < 1.29 is 23.9 Å². The van der Waals surface area contributed by atoms with Gasteiger partial charge in [0, 0.05) is 12.2 Å². The van der Waals surface area contributed by atoms with Gasteiger partial charge in [0.05, 0.1) is 18.3 Å². The lowest BCUT2D eigenvalue weighted by Gasteiger charge is -2.19. The molecule has 7 heteroatoms. The van der Waals surface area contributed by atoms with Gasteiger partial charge in [0.1, 0.15) is 0 Å². The summed E-state index contributed by atoms with van der Waals surface area (Å²) in [6.07, 6.45) is 2.28. The lowest BCUT2D eigenvalue weighted by molar-refractivity contribution is -0.154. The van der Waals surface area contributed by atoms with Gasteiger partial charge in [0.2, 0.25) is 11.8 Å². The normalized spacial score (nSPS) is 21.6. The molecule has 2 aromatic rings. The molecule has 2 aromatic carbocycles. The summed E-state index contributed by atoms with van der Waals surface area (Å²) < 4.78 is 5.22. The first-order chi connectivity index (χ1) is 14.9. The number of imide groups is 1. The van der Waals surface area contributed by atoms with Crippen LogP contribution in [0.1, 0.15) is 39.0 Å². The molecule has 7 nitrogen and oxygen atoms in total. The lowest BCUT2D eigenvalue weighted by atomic mass is 9.81.